The van der Waals surface area contributed by atoms with Gasteiger partial charge in [0.2, 0.25) is 0 Å². The summed E-state index contributed by atoms with van der Waals surface area (Å²) in [6.07, 6.45) is 5.88. The van der Waals surface area contributed by atoms with Crippen LogP contribution in [0.4, 0.5) is 5.69 Å². The molecule has 1 atom stereocenters. The molecular weight excluding hydrogens is 544 g/mol. The van der Waals surface area contributed by atoms with Crippen molar-refractivity contribution in [1.82, 2.24) is 5.32 Å². The highest BCUT2D eigenvalue weighted by Crippen LogP contribution is 2.41. The van der Waals surface area contributed by atoms with E-state index in [0.717, 1.165) is 0 Å². The van der Waals surface area contributed by atoms with E-state index in [9.17, 15) is 19.2 Å². The van der Waals surface area contributed by atoms with E-state index in [4.69, 9.17) is 23.7 Å². The first-order valence-corrected chi connectivity index (χ1v) is 13.3. The zero-order valence-corrected chi connectivity index (χ0v) is 24.8. The van der Waals surface area contributed by atoms with Crippen LogP contribution in [0.3, 0.4) is 0 Å². The van der Waals surface area contributed by atoms with Gasteiger partial charge in [-0.15, -0.1) is 0 Å². The molecule has 2 aliphatic heterocycles. The minimum atomic E-state index is -0.882. The van der Waals surface area contributed by atoms with Gasteiger partial charge < -0.3 is 33.9 Å². The third kappa shape index (κ3) is 6.98. The molecule has 224 valence electrons. The van der Waals surface area contributed by atoms with Crippen molar-refractivity contribution in [3.8, 4) is 0 Å². The molecular formula is C31H36N2O9. The van der Waals surface area contributed by atoms with Crippen molar-refractivity contribution in [2.75, 3.05) is 39.4 Å². The van der Waals surface area contributed by atoms with Crippen LogP contribution in [0.5, 0.6) is 0 Å². The fourth-order valence-corrected chi connectivity index (χ4v) is 4.66. The number of esters is 4. The molecule has 1 N–H and O–H groups in total. The topological polar surface area (TPSA) is 130 Å². The summed E-state index contributed by atoms with van der Waals surface area (Å²) in [7, 11) is 3.92. The summed E-state index contributed by atoms with van der Waals surface area (Å²) in [6.45, 7) is 7.14. The lowest BCUT2D eigenvalue weighted by Gasteiger charge is -2.31. The molecule has 1 aromatic carbocycles. The van der Waals surface area contributed by atoms with Crippen LogP contribution in [0.25, 0.3) is 0 Å². The number of ether oxygens (including phenoxy) is 5. The Labute approximate surface area is 245 Å². The van der Waals surface area contributed by atoms with Crippen LogP contribution in [0.15, 0.2) is 82.5 Å². The minimum Gasteiger partial charge on any atom is -0.465 e. The van der Waals surface area contributed by atoms with Crippen molar-refractivity contribution in [3.05, 3.63) is 88.1 Å². The molecule has 0 amide bonds. The number of anilines is 1. The highest BCUT2D eigenvalue weighted by atomic mass is 16.6. The van der Waals surface area contributed by atoms with Gasteiger partial charge in [0.05, 0.1) is 49.6 Å². The van der Waals surface area contributed by atoms with Gasteiger partial charge in [-0.2, -0.15) is 0 Å². The van der Waals surface area contributed by atoms with Crippen LogP contribution >= 0.6 is 0 Å². The van der Waals surface area contributed by atoms with E-state index in [1.54, 1.807) is 70.3 Å². The Kier molecular flexibility index (Phi) is 10.9. The van der Waals surface area contributed by atoms with Crippen molar-refractivity contribution in [1.29, 1.82) is 0 Å². The maximum absolute atomic E-state index is 13.4. The summed E-state index contributed by atoms with van der Waals surface area (Å²) in [5.41, 5.74) is 2.38. The Morgan fingerprint density at radius 3 is 2.17 bits per heavy atom. The number of carbonyl (C=O) groups is 4. The lowest BCUT2D eigenvalue weighted by molar-refractivity contribution is -0.143. The molecule has 1 unspecified atom stereocenters. The molecule has 0 saturated heterocycles. The van der Waals surface area contributed by atoms with Crippen molar-refractivity contribution in [2.24, 2.45) is 0 Å². The number of hydrogen-bond acceptors (Lipinski definition) is 11. The molecule has 0 saturated carbocycles. The van der Waals surface area contributed by atoms with E-state index in [1.807, 2.05) is 0 Å². The van der Waals surface area contributed by atoms with Gasteiger partial charge in [0.1, 0.15) is 12.3 Å². The van der Waals surface area contributed by atoms with Gasteiger partial charge in [0.25, 0.3) is 0 Å². The van der Waals surface area contributed by atoms with E-state index in [1.165, 1.54) is 32.3 Å². The van der Waals surface area contributed by atoms with Gasteiger partial charge in [-0.05, 0) is 57.5 Å². The largest absolute Gasteiger partial charge is 0.465 e. The second-order valence-corrected chi connectivity index (χ2v) is 9.63. The number of nitrogens with one attached hydrogen (secondary N) is 1. The van der Waals surface area contributed by atoms with E-state index in [0.29, 0.717) is 22.6 Å². The Morgan fingerprint density at radius 2 is 1.55 bits per heavy atom. The fraction of sp³-hybridized carbons (Fsp3) is 0.355. The predicted octanol–water partition coefficient (Wildman–Crippen LogP) is 3.55. The average molecular weight is 581 g/mol. The highest BCUT2D eigenvalue weighted by molar-refractivity contribution is 6.05. The maximum Gasteiger partial charge on any atom is 0.355 e. The zero-order chi connectivity index (χ0) is 31.0. The number of rotatable bonds is 10. The van der Waals surface area contributed by atoms with E-state index >= 15 is 0 Å². The van der Waals surface area contributed by atoms with Crippen molar-refractivity contribution < 1.29 is 42.9 Å². The molecule has 0 aliphatic carbocycles. The zero-order valence-electron chi connectivity index (χ0n) is 24.8. The molecule has 42 heavy (non-hydrogen) atoms. The smallest absolute Gasteiger partial charge is 0.355 e. The highest BCUT2D eigenvalue weighted by Gasteiger charge is 2.39. The second kappa shape index (κ2) is 14.3. The Bertz CT molecular complexity index is 1400. The first-order valence-electron chi connectivity index (χ1n) is 13.3. The van der Waals surface area contributed by atoms with Gasteiger partial charge in [-0.25, -0.2) is 19.2 Å². The molecule has 11 heteroatoms. The van der Waals surface area contributed by atoms with Crippen molar-refractivity contribution in [3.63, 3.8) is 0 Å². The lowest BCUT2D eigenvalue weighted by Crippen LogP contribution is -2.33. The third-order valence-electron chi connectivity index (χ3n) is 6.43. The first-order chi connectivity index (χ1) is 20.0. The Morgan fingerprint density at radius 1 is 0.881 bits per heavy atom. The molecule has 2 aliphatic rings. The SMILES string of the molecule is COCCOC(=O)C1=C(C)NC(C)=C(C(=O)OC(C)C)C1c1cccc(N2C=CC=CC(C(=O)OC)=C2C(=O)OC)c1. The molecule has 0 aromatic heterocycles. The monoisotopic (exact) mass is 580 g/mol. The third-order valence-corrected chi connectivity index (χ3v) is 6.43. The van der Waals surface area contributed by atoms with Crippen LogP contribution in [0.2, 0.25) is 0 Å². The summed E-state index contributed by atoms with van der Waals surface area (Å²) in [5, 5.41) is 3.12. The predicted molar refractivity (Wildman–Crippen MR) is 154 cm³/mol. The molecule has 11 nitrogen and oxygen atoms in total. The quantitative estimate of drug-likeness (QED) is 0.248. The van der Waals surface area contributed by atoms with Crippen LogP contribution in [-0.2, 0) is 42.9 Å². The molecule has 2 heterocycles. The normalized spacial score (nSPS) is 16.8. The number of dihydropyridines is 1. The maximum atomic E-state index is 13.4. The lowest BCUT2D eigenvalue weighted by atomic mass is 9.80. The summed E-state index contributed by atoms with van der Waals surface area (Å²) < 4.78 is 26.0. The van der Waals surface area contributed by atoms with Crippen LogP contribution in [-0.4, -0.2) is 64.5 Å². The van der Waals surface area contributed by atoms with E-state index in [-0.39, 0.29) is 35.6 Å². The standard InChI is InChI=1S/C31H36N2O9/c1-18(2)42-30(36)25-20(4)32-19(3)24(29(35)41-16-15-38-5)26(25)21-11-10-12-22(17-21)33-14-9-8-13-23(28(34)39-6)27(33)31(37)40-7/h8-14,17-18,26,32H,15-16H2,1-7H3. The number of carbonyl (C=O) groups excluding carboxylic acids is 4. The van der Waals surface area contributed by atoms with Crippen LogP contribution in [0.1, 0.15) is 39.2 Å². The average Bonchev–Trinajstić information content (AvgIpc) is 3.18. The summed E-state index contributed by atoms with van der Waals surface area (Å²) >= 11 is 0. The summed E-state index contributed by atoms with van der Waals surface area (Å²) in [4.78, 5) is 53.9. The van der Waals surface area contributed by atoms with E-state index < -0.39 is 35.9 Å². The minimum absolute atomic E-state index is 0.0164. The van der Waals surface area contributed by atoms with Gasteiger partial charge >= 0.3 is 23.9 Å². The van der Waals surface area contributed by atoms with Crippen molar-refractivity contribution in [2.45, 2.75) is 39.7 Å². The number of allylic oxidation sites excluding steroid dienone is 4. The number of benzene rings is 1. The van der Waals surface area contributed by atoms with Crippen molar-refractivity contribution >= 4 is 29.6 Å². The number of hydrogen-bond donors (Lipinski definition) is 1. The second-order valence-electron chi connectivity index (χ2n) is 9.63. The molecule has 0 spiro atoms. The molecule has 3 rings (SSSR count). The fourth-order valence-electron chi connectivity index (χ4n) is 4.66. The van der Waals surface area contributed by atoms with Gasteiger partial charge in [0.15, 0.2) is 0 Å². The number of nitrogens with zero attached hydrogens (tertiary/aromatic N) is 1. The summed E-state index contributed by atoms with van der Waals surface area (Å²) in [6, 6.07) is 6.91. The first kappa shape index (κ1) is 31.9. The van der Waals surface area contributed by atoms with Crippen LogP contribution in [0, 0.1) is 0 Å². The van der Waals surface area contributed by atoms with Gasteiger partial charge in [-0.1, -0.05) is 18.2 Å². The molecule has 0 bridgehead atoms. The molecule has 0 radical (unpaired) electrons. The van der Waals surface area contributed by atoms with E-state index in [2.05, 4.69) is 5.32 Å². The van der Waals surface area contributed by atoms with Gasteiger partial charge in [-0.3, -0.25) is 0 Å². The molecule has 1 aromatic rings. The molecule has 0 fully saturated rings. The van der Waals surface area contributed by atoms with Gasteiger partial charge in [0, 0.05) is 30.4 Å². The Hall–Kier alpha value is -4.64. The number of methoxy groups -OCH3 is 3. The van der Waals surface area contributed by atoms with Crippen LogP contribution < -0.4 is 10.2 Å². The Balaban J connectivity index is 2.23. The summed E-state index contributed by atoms with van der Waals surface area (Å²) in [5.74, 6) is -3.60.